The zero-order chi connectivity index (χ0) is 18.7. The maximum absolute atomic E-state index is 11.5. The smallest absolute Gasteiger partial charge is 0.308 e. The summed E-state index contributed by atoms with van der Waals surface area (Å²) in [6, 6.07) is 5.60. The van der Waals surface area contributed by atoms with Gasteiger partial charge < -0.3 is 23.7 Å². The lowest BCUT2D eigenvalue weighted by molar-refractivity contribution is -0.137. The third kappa shape index (κ3) is 3.27. The summed E-state index contributed by atoms with van der Waals surface area (Å²) in [5.74, 6) is 2.54. The van der Waals surface area contributed by atoms with Crippen LogP contribution in [0.1, 0.15) is 25.3 Å². The van der Waals surface area contributed by atoms with Gasteiger partial charge in [-0.1, -0.05) is 6.07 Å². The van der Waals surface area contributed by atoms with Gasteiger partial charge in [0.15, 0.2) is 23.0 Å². The number of carbonyl (C=O) groups excluding carboxylic acids is 1. The molecule has 26 heavy (non-hydrogen) atoms. The van der Waals surface area contributed by atoms with Crippen molar-refractivity contribution < 1.29 is 28.5 Å². The summed E-state index contributed by atoms with van der Waals surface area (Å²) in [7, 11) is 4.79. The number of benzene rings is 1. The van der Waals surface area contributed by atoms with Crippen LogP contribution in [0, 0.1) is 0 Å². The molecule has 2 aliphatic rings. The van der Waals surface area contributed by atoms with E-state index < -0.39 is 5.97 Å². The van der Waals surface area contributed by atoms with Gasteiger partial charge >= 0.3 is 5.97 Å². The van der Waals surface area contributed by atoms with Gasteiger partial charge in [-0.2, -0.15) is 0 Å². The number of carbonyl (C=O) groups is 1. The minimum Gasteiger partial charge on any atom is -0.496 e. The van der Waals surface area contributed by atoms with Gasteiger partial charge in [-0.15, -0.1) is 0 Å². The molecule has 0 aromatic heterocycles. The summed E-state index contributed by atoms with van der Waals surface area (Å²) in [5.41, 5.74) is 2.75. The maximum Gasteiger partial charge on any atom is 0.308 e. The lowest BCUT2D eigenvalue weighted by atomic mass is 9.93. The maximum atomic E-state index is 11.5. The summed E-state index contributed by atoms with van der Waals surface area (Å²) >= 11 is 0. The van der Waals surface area contributed by atoms with Gasteiger partial charge in [-0.25, -0.2) is 0 Å². The highest BCUT2D eigenvalue weighted by Gasteiger charge is 2.29. The Morgan fingerprint density at radius 1 is 1.15 bits per heavy atom. The van der Waals surface area contributed by atoms with Crippen LogP contribution in [0.25, 0.3) is 5.76 Å². The summed E-state index contributed by atoms with van der Waals surface area (Å²) in [4.78, 5) is 11.5. The van der Waals surface area contributed by atoms with Crippen LogP contribution in [-0.2, 0) is 19.0 Å². The topological polar surface area (TPSA) is 63.2 Å². The van der Waals surface area contributed by atoms with Gasteiger partial charge in [0, 0.05) is 25.3 Å². The fraction of sp³-hybridized carbons (Fsp3) is 0.350. The highest BCUT2D eigenvalue weighted by molar-refractivity contribution is 5.75. The summed E-state index contributed by atoms with van der Waals surface area (Å²) in [6.45, 7) is 1.96. The molecular formula is C20H22O6. The SMILES string of the molecule is COC(=C1C=C(OC(C)=O)C2=C(CCO2)C1)c1cccc(OC)c1OC. The average molecular weight is 358 g/mol. The molecule has 0 fully saturated rings. The highest BCUT2D eigenvalue weighted by Crippen LogP contribution is 2.42. The Bertz CT molecular complexity index is 816. The molecule has 0 bridgehead atoms. The lowest BCUT2D eigenvalue weighted by Gasteiger charge is -2.21. The fourth-order valence-electron chi connectivity index (χ4n) is 3.27. The Hall–Kier alpha value is -2.89. The molecule has 0 amide bonds. The van der Waals surface area contributed by atoms with Crippen molar-refractivity contribution in [3.63, 3.8) is 0 Å². The molecule has 0 saturated carbocycles. The molecule has 0 unspecified atom stereocenters. The molecule has 1 aliphatic carbocycles. The number of hydrogen-bond donors (Lipinski definition) is 0. The number of methoxy groups -OCH3 is 3. The van der Waals surface area contributed by atoms with Crippen molar-refractivity contribution in [1.29, 1.82) is 0 Å². The molecule has 0 atom stereocenters. The Morgan fingerprint density at radius 3 is 2.62 bits per heavy atom. The van der Waals surface area contributed by atoms with E-state index in [-0.39, 0.29) is 0 Å². The third-order valence-electron chi connectivity index (χ3n) is 4.30. The van der Waals surface area contributed by atoms with Crippen molar-refractivity contribution in [3.8, 4) is 11.5 Å². The van der Waals surface area contributed by atoms with Gasteiger partial charge in [-0.3, -0.25) is 4.79 Å². The van der Waals surface area contributed by atoms with Gasteiger partial charge in [0.1, 0.15) is 5.76 Å². The van der Waals surface area contributed by atoms with E-state index in [1.165, 1.54) is 6.92 Å². The predicted octanol–water partition coefficient (Wildman–Crippen LogP) is 3.59. The van der Waals surface area contributed by atoms with Crippen molar-refractivity contribution in [2.75, 3.05) is 27.9 Å². The number of rotatable bonds is 5. The zero-order valence-electron chi connectivity index (χ0n) is 15.4. The first-order valence-electron chi connectivity index (χ1n) is 8.32. The van der Waals surface area contributed by atoms with E-state index in [9.17, 15) is 4.79 Å². The van der Waals surface area contributed by atoms with Crippen molar-refractivity contribution >= 4 is 11.7 Å². The van der Waals surface area contributed by atoms with E-state index in [1.54, 1.807) is 27.4 Å². The second-order valence-electron chi connectivity index (χ2n) is 5.91. The first-order valence-corrected chi connectivity index (χ1v) is 8.32. The number of hydrogen-bond acceptors (Lipinski definition) is 6. The Morgan fingerprint density at radius 2 is 1.96 bits per heavy atom. The van der Waals surface area contributed by atoms with E-state index in [2.05, 4.69) is 0 Å². The van der Waals surface area contributed by atoms with E-state index in [0.717, 1.165) is 23.1 Å². The van der Waals surface area contributed by atoms with Gasteiger partial charge in [-0.05, 0) is 23.8 Å². The average Bonchev–Trinajstić information content (AvgIpc) is 3.10. The molecule has 0 spiro atoms. The van der Waals surface area contributed by atoms with Gasteiger partial charge in [0.05, 0.1) is 33.5 Å². The molecule has 1 heterocycles. The van der Waals surface area contributed by atoms with Gasteiger partial charge in [0.25, 0.3) is 0 Å². The van der Waals surface area contributed by atoms with Crippen LogP contribution in [0.5, 0.6) is 11.5 Å². The number of esters is 1. The van der Waals surface area contributed by atoms with Crippen LogP contribution in [0.3, 0.4) is 0 Å². The van der Waals surface area contributed by atoms with Crippen molar-refractivity contribution in [3.05, 3.63) is 52.5 Å². The standard InChI is InChI=1S/C20H22O6/c1-12(21)26-17-11-14(10-13-8-9-25-19(13)17)18(23-3)15-6-5-7-16(22-2)20(15)24-4/h5-7,11H,8-10H2,1-4H3. The zero-order valence-corrected chi connectivity index (χ0v) is 15.4. The Labute approximate surface area is 152 Å². The van der Waals surface area contributed by atoms with E-state index in [4.69, 9.17) is 23.7 Å². The Balaban J connectivity index is 2.13. The molecule has 0 N–H and O–H groups in total. The normalized spacial score (nSPS) is 17.8. The molecule has 138 valence electrons. The quantitative estimate of drug-likeness (QED) is 0.592. The molecule has 1 aliphatic heterocycles. The van der Waals surface area contributed by atoms with Crippen LogP contribution >= 0.6 is 0 Å². The van der Waals surface area contributed by atoms with Crippen LogP contribution in [0.15, 0.2) is 46.9 Å². The third-order valence-corrected chi connectivity index (χ3v) is 4.30. The highest BCUT2D eigenvalue weighted by atomic mass is 16.6. The number of ether oxygens (including phenoxy) is 5. The summed E-state index contributed by atoms with van der Waals surface area (Å²) < 4.78 is 27.6. The van der Waals surface area contributed by atoms with Crippen molar-refractivity contribution in [2.45, 2.75) is 19.8 Å². The largest absolute Gasteiger partial charge is 0.496 e. The molecule has 1 aromatic rings. The van der Waals surface area contributed by atoms with Gasteiger partial charge in [0.2, 0.25) is 0 Å². The lowest BCUT2D eigenvalue weighted by Crippen LogP contribution is -2.09. The van der Waals surface area contributed by atoms with Crippen LogP contribution in [0.2, 0.25) is 0 Å². The van der Waals surface area contributed by atoms with Crippen molar-refractivity contribution in [1.82, 2.24) is 0 Å². The molecule has 3 rings (SSSR count). The van der Waals surface area contributed by atoms with E-state index in [1.807, 2.05) is 18.2 Å². The van der Waals surface area contributed by atoms with Crippen LogP contribution < -0.4 is 9.47 Å². The minimum absolute atomic E-state index is 0.391. The molecule has 6 nitrogen and oxygen atoms in total. The summed E-state index contributed by atoms with van der Waals surface area (Å²) in [5, 5.41) is 0. The van der Waals surface area contributed by atoms with Crippen LogP contribution in [0.4, 0.5) is 0 Å². The Kier molecular flexibility index (Phi) is 5.21. The molecule has 1 aromatic carbocycles. The minimum atomic E-state index is -0.391. The second-order valence-corrected chi connectivity index (χ2v) is 5.91. The predicted molar refractivity (Wildman–Crippen MR) is 95.5 cm³/mol. The number of allylic oxidation sites excluding steroid dienone is 2. The first-order chi connectivity index (χ1) is 12.6. The van der Waals surface area contributed by atoms with E-state index >= 15 is 0 Å². The molecule has 6 heteroatoms. The molecule has 0 radical (unpaired) electrons. The molecular weight excluding hydrogens is 336 g/mol. The van der Waals surface area contributed by atoms with Crippen LogP contribution in [-0.4, -0.2) is 33.9 Å². The molecule has 0 saturated heterocycles. The number of para-hydroxylation sites is 1. The van der Waals surface area contributed by atoms with E-state index in [0.29, 0.717) is 41.8 Å². The monoisotopic (exact) mass is 358 g/mol. The summed E-state index contributed by atoms with van der Waals surface area (Å²) in [6.07, 6.45) is 3.25. The fourth-order valence-corrected chi connectivity index (χ4v) is 3.27. The van der Waals surface area contributed by atoms with Crippen molar-refractivity contribution in [2.24, 2.45) is 0 Å². The first kappa shape index (κ1) is 17.9. The second kappa shape index (κ2) is 7.56.